The average molecular weight is 475 g/mol. The molecular formula is C28H34N4O3. The van der Waals surface area contributed by atoms with Gasteiger partial charge in [0, 0.05) is 42.0 Å². The van der Waals surface area contributed by atoms with Crippen LogP contribution < -0.4 is 11.1 Å². The molecule has 1 aliphatic carbocycles. The fourth-order valence-electron chi connectivity index (χ4n) is 5.77. The lowest BCUT2D eigenvalue weighted by Crippen LogP contribution is -2.59. The number of nitrogens with two attached hydrogens (primary N) is 1. The summed E-state index contributed by atoms with van der Waals surface area (Å²) < 4.78 is 0. The molecule has 0 saturated carbocycles. The van der Waals surface area contributed by atoms with E-state index in [2.05, 4.69) is 16.4 Å². The zero-order valence-electron chi connectivity index (χ0n) is 20.4. The minimum absolute atomic E-state index is 0.130. The minimum atomic E-state index is -1.11. The zero-order chi connectivity index (χ0) is 24.8. The van der Waals surface area contributed by atoms with E-state index >= 15 is 0 Å². The van der Waals surface area contributed by atoms with Crippen molar-refractivity contribution in [1.29, 1.82) is 0 Å². The van der Waals surface area contributed by atoms with Crippen LogP contribution in [0.5, 0.6) is 0 Å². The first-order valence-electron chi connectivity index (χ1n) is 12.4. The van der Waals surface area contributed by atoms with Gasteiger partial charge in [-0.3, -0.25) is 9.59 Å². The Morgan fingerprint density at radius 1 is 1.23 bits per heavy atom. The number of nitrogens with one attached hydrogen (secondary N) is 2. The summed E-state index contributed by atoms with van der Waals surface area (Å²) in [6.07, 6.45) is 4.09. The molecule has 1 saturated heterocycles. The van der Waals surface area contributed by atoms with Gasteiger partial charge >= 0.3 is 0 Å². The van der Waals surface area contributed by atoms with Crippen molar-refractivity contribution in [1.82, 2.24) is 15.2 Å². The molecule has 7 nitrogen and oxygen atoms in total. The molecule has 2 aromatic carbocycles. The summed E-state index contributed by atoms with van der Waals surface area (Å²) in [5.74, 6) is -0.495. The largest absolute Gasteiger partial charge is 0.388 e. The fourth-order valence-corrected chi connectivity index (χ4v) is 5.77. The van der Waals surface area contributed by atoms with Crippen LogP contribution in [0.25, 0.3) is 10.9 Å². The van der Waals surface area contributed by atoms with Crippen molar-refractivity contribution in [3.63, 3.8) is 0 Å². The molecular weight excluding hydrogens is 440 g/mol. The summed E-state index contributed by atoms with van der Waals surface area (Å²) >= 11 is 0. The third-order valence-electron chi connectivity index (χ3n) is 7.68. The molecule has 7 heteroatoms. The van der Waals surface area contributed by atoms with Crippen LogP contribution in [0.3, 0.4) is 0 Å². The SMILES string of the molecule is CC(C)(N)C(=O)N[C@H](Cc1c[nH]c2ccccc12)C(=O)N1CCCC2(Cc3ccccc3C2O)C1. The van der Waals surface area contributed by atoms with Crippen LogP contribution in [-0.2, 0) is 22.4 Å². The van der Waals surface area contributed by atoms with Crippen molar-refractivity contribution < 1.29 is 14.7 Å². The summed E-state index contributed by atoms with van der Waals surface area (Å²) in [5, 5.41) is 15.2. The van der Waals surface area contributed by atoms with Gasteiger partial charge in [0.2, 0.25) is 11.8 Å². The molecule has 3 atom stereocenters. The number of fused-ring (bicyclic) bond motifs is 2. The number of para-hydroxylation sites is 1. The first kappa shape index (κ1) is 23.6. The number of piperidine rings is 1. The van der Waals surface area contributed by atoms with Gasteiger partial charge in [0.1, 0.15) is 6.04 Å². The predicted octanol–water partition coefficient (Wildman–Crippen LogP) is 2.83. The van der Waals surface area contributed by atoms with E-state index in [0.29, 0.717) is 19.5 Å². The maximum absolute atomic E-state index is 13.9. The smallest absolute Gasteiger partial charge is 0.245 e. The summed E-state index contributed by atoms with van der Waals surface area (Å²) in [4.78, 5) is 31.9. The maximum atomic E-state index is 13.9. The predicted molar refractivity (Wildman–Crippen MR) is 136 cm³/mol. The first-order valence-corrected chi connectivity index (χ1v) is 12.4. The molecule has 5 N–H and O–H groups in total. The lowest BCUT2D eigenvalue weighted by atomic mass is 9.75. The number of likely N-dealkylation sites (tertiary alicyclic amines) is 1. The maximum Gasteiger partial charge on any atom is 0.245 e. The molecule has 35 heavy (non-hydrogen) atoms. The number of H-pyrrole nitrogens is 1. The number of carbonyl (C=O) groups is 2. The van der Waals surface area contributed by atoms with E-state index in [9.17, 15) is 14.7 Å². The van der Waals surface area contributed by atoms with Gasteiger partial charge in [-0.25, -0.2) is 0 Å². The van der Waals surface area contributed by atoms with Crippen LogP contribution in [-0.4, -0.2) is 51.5 Å². The van der Waals surface area contributed by atoms with E-state index in [0.717, 1.165) is 46.9 Å². The third-order valence-corrected chi connectivity index (χ3v) is 7.68. The number of aromatic amines is 1. The Morgan fingerprint density at radius 3 is 2.74 bits per heavy atom. The summed E-state index contributed by atoms with van der Waals surface area (Å²) in [5.41, 5.74) is 8.64. The molecule has 0 bridgehead atoms. The summed E-state index contributed by atoms with van der Waals surface area (Å²) in [6.45, 7) is 4.35. The van der Waals surface area contributed by atoms with Crippen LogP contribution in [0.4, 0.5) is 0 Å². The van der Waals surface area contributed by atoms with Crippen LogP contribution >= 0.6 is 0 Å². The Morgan fingerprint density at radius 2 is 1.97 bits per heavy atom. The van der Waals surface area contributed by atoms with Gasteiger partial charge < -0.3 is 26.0 Å². The van der Waals surface area contributed by atoms with Crippen molar-refractivity contribution in [3.8, 4) is 0 Å². The van der Waals surface area contributed by atoms with Crippen LogP contribution in [0.2, 0.25) is 0 Å². The number of benzene rings is 2. The van der Waals surface area contributed by atoms with Crippen molar-refractivity contribution >= 4 is 22.7 Å². The van der Waals surface area contributed by atoms with Crippen LogP contribution in [0, 0.1) is 5.41 Å². The monoisotopic (exact) mass is 474 g/mol. The van der Waals surface area contributed by atoms with Crippen molar-refractivity contribution in [2.75, 3.05) is 13.1 Å². The summed E-state index contributed by atoms with van der Waals surface area (Å²) in [7, 11) is 0. The second-order valence-electron chi connectivity index (χ2n) is 10.8. The first-order chi connectivity index (χ1) is 16.7. The molecule has 1 aromatic heterocycles. The Bertz CT molecular complexity index is 1260. The molecule has 1 spiro atoms. The second-order valence-corrected chi connectivity index (χ2v) is 10.8. The highest BCUT2D eigenvalue weighted by molar-refractivity contribution is 5.92. The molecule has 5 rings (SSSR count). The van der Waals surface area contributed by atoms with Crippen molar-refractivity contribution in [2.24, 2.45) is 11.1 Å². The number of aliphatic hydroxyl groups excluding tert-OH is 1. The van der Waals surface area contributed by atoms with Crippen LogP contribution in [0.1, 0.15) is 49.5 Å². The number of rotatable bonds is 5. The van der Waals surface area contributed by atoms with Gasteiger partial charge in [0.15, 0.2) is 0 Å². The summed E-state index contributed by atoms with van der Waals surface area (Å²) in [6, 6.07) is 15.2. The molecule has 1 aliphatic heterocycles. The standard InChI is InChI=1S/C28H34N4O3/c1-27(2,29)26(35)31-23(14-19-16-30-22-11-6-5-9-20(19)22)25(34)32-13-7-12-28(17-32)15-18-8-3-4-10-21(18)24(28)33/h3-6,8-11,16,23-24,30,33H,7,12-15,17,29H2,1-2H3,(H,31,35)/t23-,24?,28?/m1/s1. The highest BCUT2D eigenvalue weighted by Crippen LogP contribution is 2.50. The lowest BCUT2D eigenvalue weighted by Gasteiger charge is -2.43. The lowest BCUT2D eigenvalue weighted by molar-refractivity contribution is -0.142. The number of aliphatic hydroxyl groups is 1. The van der Waals surface area contributed by atoms with Crippen molar-refractivity contribution in [3.05, 3.63) is 71.4 Å². The van der Waals surface area contributed by atoms with Gasteiger partial charge in [0.05, 0.1) is 11.6 Å². The van der Waals surface area contributed by atoms with Crippen LogP contribution in [0.15, 0.2) is 54.7 Å². The van der Waals surface area contributed by atoms with Crippen molar-refractivity contribution in [2.45, 2.75) is 57.2 Å². The topological polar surface area (TPSA) is 111 Å². The minimum Gasteiger partial charge on any atom is -0.388 e. The fraction of sp³-hybridized carbons (Fsp3) is 0.429. The molecule has 2 unspecified atom stereocenters. The van der Waals surface area contributed by atoms with E-state index in [4.69, 9.17) is 5.73 Å². The molecule has 2 amide bonds. The molecule has 2 aliphatic rings. The number of hydrogen-bond acceptors (Lipinski definition) is 4. The van der Waals surface area contributed by atoms with Gasteiger partial charge in [0.25, 0.3) is 0 Å². The highest BCUT2D eigenvalue weighted by atomic mass is 16.3. The number of aromatic nitrogens is 1. The van der Waals surface area contributed by atoms with E-state index in [1.807, 2.05) is 53.6 Å². The highest BCUT2D eigenvalue weighted by Gasteiger charge is 2.49. The van der Waals surface area contributed by atoms with Gasteiger partial charge in [-0.15, -0.1) is 0 Å². The Hall–Kier alpha value is -3.16. The van der Waals surface area contributed by atoms with E-state index < -0.39 is 17.7 Å². The van der Waals surface area contributed by atoms with Gasteiger partial charge in [-0.05, 0) is 55.9 Å². The molecule has 184 valence electrons. The zero-order valence-corrected chi connectivity index (χ0v) is 20.4. The molecule has 3 aromatic rings. The van der Waals surface area contributed by atoms with E-state index in [1.54, 1.807) is 13.8 Å². The quantitative estimate of drug-likeness (QED) is 0.456. The molecule has 1 fully saturated rings. The molecule has 0 radical (unpaired) electrons. The average Bonchev–Trinajstić information content (AvgIpc) is 3.36. The van der Waals surface area contributed by atoms with E-state index in [-0.39, 0.29) is 17.2 Å². The van der Waals surface area contributed by atoms with E-state index in [1.165, 1.54) is 0 Å². The number of hydrogen-bond donors (Lipinski definition) is 4. The number of amides is 2. The number of nitrogens with zero attached hydrogens (tertiary/aromatic N) is 1. The Balaban J connectivity index is 1.41. The number of carbonyl (C=O) groups excluding carboxylic acids is 2. The molecule has 2 heterocycles. The third kappa shape index (κ3) is 4.34. The second kappa shape index (κ2) is 8.81. The Labute approximate surface area is 205 Å². The Kier molecular flexibility index (Phi) is 5.93. The normalized spacial score (nSPS) is 22.9. The van der Waals surface area contributed by atoms with Gasteiger partial charge in [-0.2, -0.15) is 0 Å². The van der Waals surface area contributed by atoms with Gasteiger partial charge in [-0.1, -0.05) is 42.5 Å².